The van der Waals surface area contributed by atoms with Crippen LogP contribution in [0.25, 0.3) is 0 Å². The maximum absolute atomic E-state index is 5.77. The minimum absolute atomic E-state index is 0.283. The highest BCUT2D eigenvalue weighted by atomic mass is 32.2. The van der Waals surface area contributed by atoms with Gasteiger partial charge in [-0.3, -0.25) is 0 Å². The Labute approximate surface area is 72.7 Å². The lowest BCUT2D eigenvalue weighted by Crippen LogP contribution is -2.25. The minimum Gasteiger partial charge on any atom is -0.327 e. The van der Waals surface area contributed by atoms with Crippen molar-refractivity contribution in [1.29, 1.82) is 0 Å². The molecular weight excluding hydrogens is 154 g/mol. The Hall–Kier alpha value is -0.210. The zero-order valence-electron chi connectivity index (χ0n) is 7.08. The van der Waals surface area contributed by atoms with Crippen LogP contribution >= 0.6 is 11.8 Å². The van der Waals surface area contributed by atoms with Crippen molar-refractivity contribution in [2.24, 2.45) is 11.7 Å². The number of nitrogens with two attached hydrogens (primary N) is 1. The molecular formula is C9H15NS. The first-order valence-corrected chi connectivity index (χ1v) is 5.14. The quantitative estimate of drug-likeness (QED) is 0.685. The summed E-state index contributed by atoms with van der Waals surface area (Å²) in [6.07, 6.45) is 9.85. The minimum atomic E-state index is 0.283. The fourth-order valence-electron chi connectivity index (χ4n) is 1.16. The van der Waals surface area contributed by atoms with E-state index in [0.29, 0.717) is 5.92 Å². The smallest absolute Gasteiger partial charge is 0.00764 e. The Balaban J connectivity index is 2.50. The van der Waals surface area contributed by atoms with Crippen LogP contribution in [0, 0.1) is 5.92 Å². The van der Waals surface area contributed by atoms with Crippen LogP contribution in [-0.2, 0) is 0 Å². The molecule has 0 aromatic rings. The van der Waals surface area contributed by atoms with Crippen LogP contribution in [0.15, 0.2) is 23.1 Å². The predicted octanol–water partition coefficient (Wildman–Crippen LogP) is 2.16. The highest BCUT2D eigenvalue weighted by Crippen LogP contribution is 2.23. The molecule has 1 rings (SSSR count). The summed E-state index contributed by atoms with van der Waals surface area (Å²) in [4.78, 5) is 1.36. The van der Waals surface area contributed by atoms with E-state index in [-0.39, 0.29) is 6.04 Å². The monoisotopic (exact) mass is 169 g/mol. The Bertz CT molecular complexity index is 182. The van der Waals surface area contributed by atoms with Crippen molar-refractivity contribution >= 4 is 11.8 Å². The molecule has 62 valence electrons. The molecule has 0 radical (unpaired) electrons. The lowest BCUT2D eigenvalue weighted by molar-refractivity contribution is 0.538. The fraction of sp³-hybridized carbons (Fsp3) is 0.556. The average Bonchev–Trinajstić information content (AvgIpc) is 2.05. The van der Waals surface area contributed by atoms with Crippen LogP contribution in [0.3, 0.4) is 0 Å². The number of rotatable bonds is 2. The van der Waals surface area contributed by atoms with Gasteiger partial charge >= 0.3 is 0 Å². The predicted molar refractivity (Wildman–Crippen MR) is 52.5 cm³/mol. The first-order valence-electron chi connectivity index (χ1n) is 3.92. The maximum Gasteiger partial charge on any atom is 0.00764 e. The molecule has 0 amide bonds. The summed E-state index contributed by atoms with van der Waals surface area (Å²) in [6.45, 7) is 2.06. The lowest BCUT2D eigenvalue weighted by atomic mass is 9.94. The second kappa shape index (κ2) is 3.98. The van der Waals surface area contributed by atoms with Crippen LogP contribution < -0.4 is 5.73 Å². The van der Waals surface area contributed by atoms with Crippen LogP contribution in [-0.4, -0.2) is 12.3 Å². The van der Waals surface area contributed by atoms with E-state index >= 15 is 0 Å². The van der Waals surface area contributed by atoms with E-state index in [2.05, 4.69) is 31.4 Å². The van der Waals surface area contributed by atoms with Gasteiger partial charge in [0.05, 0.1) is 0 Å². The molecule has 0 saturated heterocycles. The van der Waals surface area contributed by atoms with Gasteiger partial charge in [-0.1, -0.05) is 18.2 Å². The van der Waals surface area contributed by atoms with Crippen molar-refractivity contribution in [3.05, 3.63) is 23.1 Å². The van der Waals surface area contributed by atoms with E-state index in [4.69, 9.17) is 5.73 Å². The third-order valence-corrected chi connectivity index (χ3v) is 2.78. The van der Waals surface area contributed by atoms with Gasteiger partial charge in [0, 0.05) is 10.9 Å². The van der Waals surface area contributed by atoms with Crippen molar-refractivity contribution in [3.63, 3.8) is 0 Å². The average molecular weight is 169 g/mol. The van der Waals surface area contributed by atoms with Crippen LogP contribution in [0.5, 0.6) is 0 Å². The molecule has 2 unspecified atom stereocenters. The Morgan fingerprint density at radius 3 is 2.82 bits per heavy atom. The molecule has 0 spiro atoms. The summed E-state index contributed by atoms with van der Waals surface area (Å²) in [5, 5.41) is 0. The third kappa shape index (κ3) is 2.38. The van der Waals surface area contributed by atoms with Gasteiger partial charge in [0.15, 0.2) is 0 Å². The van der Waals surface area contributed by atoms with E-state index < -0.39 is 0 Å². The number of hydrogen-bond donors (Lipinski definition) is 1. The highest BCUT2D eigenvalue weighted by molar-refractivity contribution is 8.02. The summed E-state index contributed by atoms with van der Waals surface area (Å²) in [7, 11) is 0. The van der Waals surface area contributed by atoms with Crippen LogP contribution in [0.1, 0.15) is 13.3 Å². The van der Waals surface area contributed by atoms with Crippen molar-refractivity contribution in [2.45, 2.75) is 19.4 Å². The summed E-state index contributed by atoms with van der Waals surface area (Å²) in [6, 6.07) is 0.283. The molecule has 1 nitrogen and oxygen atoms in total. The Kier molecular flexibility index (Phi) is 3.21. The fourth-order valence-corrected chi connectivity index (χ4v) is 1.64. The standard InChI is InChI=1S/C9H15NS/c1-7(10)8-3-5-9(11-2)6-4-8/h3,5-8H,4,10H2,1-2H3. The van der Waals surface area contributed by atoms with Gasteiger partial charge < -0.3 is 5.73 Å². The molecule has 2 N–H and O–H groups in total. The number of hydrogen-bond acceptors (Lipinski definition) is 2. The number of allylic oxidation sites excluding steroid dienone is 2. The van der Waals surface area contributed by atoms with E-state index in [1.807, 2.05) is 0 Å². The van der Waals surface area contributed by atoms with Gasteiger partial charge in [0.25, 0.3) is 0 Å². The summed E-state index contributed by atoms with van der Waals surface area (Å²) >= 11 is 1.79. The molecule has 0 aromatic carbocycles. The van der Waals surface area contributed by atoms with Crippen molar-refractivity contribution in [3.8, 4) is 0 Å². The lowest BCUT2D eigenvalue weighted by Gasteiger charge is -2.18. The zero-order chi connectivity index (χ0) is 8.27. The summed E-state index contributed by atoms with van der Waals surface area (Å²) < 4.78 is 0. The van der Waals surface area contributed by atoms with E-state index in [1.165, 1.54) is 4.91 Å². The summed E-state index contributed by atoms with van der Waals surface area (Å²) in [5.74, 6) is 0.547. The normalized spacial score (nSPS) is 26.5. The Morgan fingerprint density at radius 1 is 1.73 bits per heavy atom. The molecule has 2 atom stereocenters. The molecule has 0 aliphatic heterocycles. The molecule has 0 heterocycles. The molecule has 2 heteroatoms. The molecule has 11 heavy (non-hydrogen) atoms. The molecule has 1 aliphatic carbocycles. The third-order valence-electron chi connectivity index (χ3n) is 2.01. The zero-order valence-corrected chi connectivity index (χ0v) is 7.90. The molecule has 0 saturated carbocycles. The molecule has 0 fully saturated rings. The van der Waals surface area contributed by atoms with Gasteiger partial charge in [0.2, 0.25) is 0 Å². The summed E-state index contributed by atoms with van der Waals surface area (Å²) in [5.41, 5.74) is 5.77. The van der Waals surface area contributed by atoms with Gasteiger partial charge in [-0.25, -0.2) is 0 Å². The maximum atomic E-state index is 5.77. The van der Waals surface area contributed by atoms with E-state index in [1.54, 1.807) is 11.8 Å². The van der Waals surface area contributed by atoms with Crippen molar-refractivity contribution in [2.75, 3.05) is 6.26 Å². The van der Waals surface area contributed by atoms with Crippen LogP contribution in [0.4, 0.5) is 0 Å². The van der Waals surface area contributed by atoms with Gasteiger partial charge in [0.1, 0.15) is 0 Å². The number of thioether (sulfide) groups is 1. The van der Waals surface area contributed by atoms with E-state index in [0.717, 1.165) is 6.42 Å². The second-order valence-electron chi connectivity index (χ2n) is 2.93. The largest absolute Gasteiger partial charge is 0.327 e. The highest BCUT2D eigenvalue weighted by Gasteiger charge is 2.11. The van der Waals surface area contributed by atoms with Crippen LogP contribution in [0.2, 0.25) is 0 Å². The van der Waals surface area contributed by atoms with E-state index in [9.17, 15) is 0 Å². The van der Waals surface area contributed by atoms with Gasteiger partial charge in [-0.15, -0.1) is 11.8 Å². The second-order valence-corrected chi connectivity index (χ2v) is 3.81. The first kappa shape index (κ1) is 8.88. The first-order chi connectivity index (χ1) is 5.24. The topological polar surface area (TPSA) is 26.0 Å². The van der Waals surface area contributed by atoms with Crippen molar-refractivity contribution < 1.29 is 0 Å². The van der Waals surface area contributed by atoms with Gasteiger partial charge in [-0.05, 0) is 25.5 Å². The molecule has 1 aliphatic rings. The molecule has 0 bridgehead atoms. The van der Waals surface area contributed by atoms with Crippen molar-refractivity contribution in [1.82, 2.24) is 0 Å². The SMILES string of the molecule is CSC1=CCC(C(C)N)C=C1. The van der Waals surface area contributed by atoms with Gasteiger partial charge in [-0.2, -0.15) is 0 Å². The Morgan fingerprint density at radius 2 is 2.45 bits per heavy atom. The molecule has 0 aromatic heterocycles.